The average molecular weight is 287 g/mol. The van der Waals surface area contributed by atoms with E-state index in [-0.39, 0.29) is 5.91 Å². The molecule has 112 valence electrons. The van der Waals surface area contributed by atoms with Gasteiger partial charge in [-0.2, -0.15) is 5.10 Å². The van der Waals surface area contributed by atoms with Gasteiger partial charge in [-0.05, 0) is 18.6 Å². The first-order chi connectivity index (χ1) is 10.1. The van der Waals surface area contributed by atoms with Crippen LogP contribution in [0.3, 0.4) is 0 Å². The van der Waals surface area contributed by atoms with Gasteiger partial charge in [-0.1, -0.05) is 0 Å². The molecule has 3 heterocycles. The molecule has 6 nitrogen and oxygen atoms in total. The summed E-state index contributed by atoms with van der Waals surface area (Å²) in [5, 5.41) is 7.15. The number of rotatable bonds is 4. The lowest BCUT2D eigenvalue weighted by Crippen LogP contribution is -2.22. The number of anilines is 1. The summed E-state index contributed by atoms with van der Waals surface area (Å²) in [6.07, 6.45) is 5.11. The fourth-order valence-corrected chi connectivity index (χ4v) is 2.85. The second-order valence-electron chi connectivity index (χ2n) is 5.65. The van der Waals surface area contributed by atoms with Crippen molar-refractivity contribution in [2.45, 2.75) is 25.9 Å². The van der Waals surface area contributed by atoms with Crippen molar-refractivity contribution in [3.63, 3.8) is 0 Å². The van der Waals surface area contributed by atoms with Gasteiger partial charge in [0.1, 0.15) is 0 Å². The molecule has 1 aliphatic heterocycles. The van der Waals surface area contributed by atoms with Gasteiger partial charge in [0.05, 0.1) is 6.04 Å². The summed E-state index contributed by atoms with van der Waals surface area (Å²) in [7, 11) is 2.08. The zero-order valence-electron chi connectivity index (χ0n) is 12.5. The van der Waals surface area contributed by atoms with Crippen molar-refractivity contribution in [3.8, 4) is 0 Å². The predicted octanol–water partition coefficient (Wildman–Crippen LogP) is 1.63. The topological polar surface area (TPSA) is 55.1 Å². The number of carbonyl (C=O) groups excluding carboxylic acids is 1. The standard InChI is InChI=1S/C15H21N5O/c1-12(21)16-15-6-9-20(17-15)14-5-8-19(11-14)10-13-4-3-7-18(13)2/h3-4,6-7,9,14H,5,8,10-11H2,1-2H3,(H,16,17,21)/t14-/m1/s1. The van der Waals surface area contributed by atoms with Crippen molar-refractivity contribution in [2.24, 2.45) is 7.05 Å². The Labute approximate surface area is 124 Å². The second-order valence-corrected chi connectivity index (χ2v) is 5.65. The maximum absolute atomic E-state index is 11.0. The van der Waals surface area contributed by atoms with Crippen molar-refractivity contribution < 1.29 is 4.79 Å². The minimum absolute atomic E-state index is 0.0861. The van der Waals surface area contributed by atoms with Gasteiger partial charge in [0.15, 0.2) is 5.82 Å². The molecule has 0 aliphatic carbocycles. The normalized spacial score (nSPS) is 19.0. The van der Waals surface area contributed by atoms with Gasteiger partial charge in [0, 0.05) is 57.8 Å². The number of hydrogen-bond acceptors (Lipinski definition) is 3. The Bertz CT molecular complexity index is 630. The molecule has 1 amide bonds. The Morgan fingerprint density at radius 3 is 3.00 bits per heavy atom. The highest BCUT2D eigenvalue weighted by atomic mass is 16.1. The first kappa shape index (κ1) is 13.9. The molecule has 0 aromatic carbocycles. The van der Waals surface area contributed by atoms with E-state index in [1.165, 1.54) is 12.6 Å². The third-order valence-electron chi connectivity index (χ3n) is 3.97. The van der Waals surface area contributed by atoms with Crippen LogP contribution in [0.25, 0.3) is 0 Å². The summed E-state index contributed by atoms with van der Waals surface area (Å²) in [6, 6.07) is 6.47. The van der Waals surface area contributed by atoms with E-state index in [0.717, 1.165) is 26.1 Å². The van der Waals surface area contributed by atoms with E-state index in [4.69, 9.17) is 0 Å². The quantitative estimate of drug-likeness (QED) is 0.930. The molecule has 21 heavy (non-hydrogen) atoms. The van der Waals surface area contributed by atoms with Crippen LogP contribution in [0.2, 0.25) is 0 Å². The molecule has 0 radical (unpaired) electrons. The molecule has 2 aromatic heterocycles. The van der Waals surface area contributed by atoms with Crippen molar-refractivity contribution in [1.29, 1.82) is 0 Å². The van der Waals surface area contributed by atoms with E-state index >= 15 is 0 Å². The number of likely N-dealkylation sites (tertiary alicyclic amines) is 1. The summed E-state index contributed by atoms with van der Waals surface area (Å²) in [5.41, 5.74) is 1.33. The first-order valence-corrected chi connectivity index (χ1v) is 7.27. The molecule has 2 aromatic rings. The van der Waals surface area contributed by atoms with E-state index in [2.05, 4.69) is 45.3 Å². The van der Waals surface area contributed by atoms with Gasteiger partial charge in [-0.25, -0.2) is 0 Å². The number of aromatic nitrogens is 3. The zero-order valence-corrected chi connectivity index (χ0v) is 12.5. The maximum atomic E-state index is 11.0. The highest BCUT2D eigenvalue weighted by Crippen LogP contribution is 2.23. The van der Waals surface area contributed by atoms with Gasteiger partial charge in [0.25, 0.3) is 0 Å². The molecule has 1 aliphatic rings. The molecule has 1 atom stereocenters. The fourth-order valence-electron chi connectivity index (χ4n) is 2.85. The summed E-state index contributed by atoms with van der Waals surface area (Å²) < 4.78 is 4.13. The van der Waals surface area contributed by atoms with E-state index in [1.54, 1.807) is 0 Å². The lowest BCUT2D eigenvalue weighted by molar-refractivity contribution is -0.114. The number of nitrogens with one attached hydrogen (secondary N) is 1. The van der Waals surface area contributed by atoms with E-state index < -0.39 is 0 Å². The number of amides is 1. The van der Waals surface area contributed by atoms with Crippen LogP contribution in [0, 0.1) is 0 Å². The number of carbonyl (C=O) groups is 1. The minimum atomic E-state index is -0.0861. The molecule has 6 heteroatoms. The van der Waals surface area contributed by atoms with Crippen LogP contribution in [0.5, 0.6) is 0 Å². The van der Waals surface area contributed by atoms with Crippen LogP contribution in [0.1, 0.15) is 25.1 Å². The summed E-state index contributed by atoms with van der Waals surface area (Å²) in [5.74, 6) is 0.542. The molecular formula is C15H21N5O. The third-order valence-corrected chi connectivity index (χ3v) is 3.97. The van der Waals surface area contributed by atoms with Gasteiger partial charge >= 0.3 is 0 Å². The highest BCUT2D eigenvalue weighted by molar-refractivity contribution is 5.87. The Balaban J connectivity index is 1.60. The van der Waals surface area contributed by atoms with Crippen molar-refractivity contribution in [2.75, 3.05) is 18.4 Å². The molecule has 0 saturated carbocycles. The molecule has 3 rings (SSSR count). The Kier molecular flexibility index (Phi) is 3.79. The minimum Gasteiger partial charge on any atom is -0.353 e. The van der Waals surface area contributed by atoms with Gasteiger partial charge < -0.3 is 9.88 Å². The molecule has 1 N–H and O–H groups in total. The van der Waals surface area contributed by atoms with Crippen molar-refractivity contribution in [3.05, 3.63) is 36.3 Å². The average Bonchev–Trinajstić information content (AvgIpc) is 3.12. The maximum Gasteiger partial charge on any atom is 0.222 e. The summed E-state index contributed by atoms with van der Waals surface area (Å²) in [6.45, 7) is 4.54. The Hall–Kier alpha value is -2.08. The number of aryl methyl sites for hydroxylation is 1. The van der Waals surface area contributed by atoms with Gasteiger partial charge in [0.2, 0.25) is 5.91 Å². The van der Waals surface area contributed by atoms with E-state index in [9.17, 15) is 4.79 Å². The highest BCUT2D eigenvalue weighted by Gasteiger charge is 2.25. The van der Waals surface area contributed by atoms with E-state index in [1.807, 2.05) is 16.9 Å². The van der Waals surface area contributed by atoms with E-state index in [0.29, 0.717) is 11.9 Å². The molecule has 0 unspecified atom stereocenters. The first-order valence-electron chi connectivity index (χ1n) is 7.27. The lowest BCUT2D eigenvalue weighted by Gasteiger charge is -2.16. The van der Waals surface area contributed by atoms with Crippen LogP contribution >= 0.6 is 0 Å². The summed E-state index contributed by atoms with van der Waals surface area (Å²) in [4.78, 5) is 13.5. The van der Waals surface area contributed by atoms with Crippen molar-refractivity contribution >= 4 is 11.7 Å². The lowest BCUT2D eigenvalue weighted by atomic mass is 10.3. The monoisotopic (exact) mass is 287 g/mol. The smallest absolute Gasteiger partial charge is 0.222 e. The third kappa shape index (κ3) is 3.16. The molecular weight excluding hydrogens is 266 g/mol. The van der Waals surface area contributed by atoms with Gasteiger partial charge in [-0.15, -0.1) is 0 Å². The number of hydrogen-bond donors (Lipinski definition) is 1. The Morgan fingerprint density at radius 1 is 1.43 bits per heavy atom. The zero-order chi connectivity index (χ0) is 14.8. The second kappa shape index (κ2) is 5.73. The van der Waals surface area contributed by atoms with Crippen LogP contribution < -0.4 is 5.32 Å². The van der Waals surface area contributed by atoms with Crippen LogP contribution in [-0.2, 0) is 18.4 Å². The molecule has 1 saturated heterocycles. The summed E-state index contributed by atoms with van der Waals surface area (Å²) >= 11 is 0. The van der Waals surface area contributed by atoms with Crippen LogP contribution in [0.15, 0.2) is 30.6 Å². The molecule has 0 spiro atoms. The predicted molar refractivity (Wildman–Crippen MR) is 80.9 cm³/mol. The van der Waals surface area contributed by atoms with Crippen molar-refractivity contribution in [1.82, 2.24) is 19.2 Å². The molecule has 0 bridgehead atoms. The SMILES string of the molecule is CC(=O)Nc1ccn([C@@H]2CCN(Cc3cccn3C)C2)n1. The van der Waals surface area contributed by atoms with Gasteiger partial charge in [-0.3, -0.25) is 14.4 Å². The number of nitrogens with zero attached hydrogens (tertiary/aromatic N) is 4. The van der Waals surface area contributed by atoms with Crippen LogP contribution in [-0.4, -0.2) is 38.2 Å². The fraction of sp³-hybridized carbons (Fsp3) is 0.467. The molecule has 1 fully saturated rings. The largest absolute Gasteiger partial charge is 0.353 e. The Morgan fingerprint density at radius 2 is 2.29 bits per heavy atom. The van der Waals surface area contributed by atoms with Crippen LogP contribution in [0.4, 0.5) is 5.82 Å².